The summed E-state index contributed by atoms with van der Waals surface area (Å²) in [5, 5.41) is 5.73. The lowest BCUT2D eigenvalue weighted by atomic mass is 10.1. The van der Waals surface area contributed by atoms with E-state index in [1.807, 2.05) is 6.07 Å². The van der Waals surface area contributed by atoms with Crippen LogP contribution in [0, 0.1) is 0 Å². The number of nitrogens with one attached hydrogen (secondary N) is 2. The Bertz CT molecular complexity index is 900. The topological polar surface area (TPSA) is 103 Å². The second-order valence-corrected chi connectivity index (χ2v) is 7.07. The van der Waals surface area contributed by atoms with Gasteiger partial charge < -0.3 is 10.2 Å². The van der Waals surface area contributed by atoms with Gasteiger partial charge in [-0.1, -0.05) is 0 Å². The number of nitrogens with zero attached hydrogens (tertiary/aromatic N) is 5. The van der Waals surface area contributed by atoms with Gasteiger partial charge >= 0.3 is 6.03 Å². The van der Waals surface area contributed by atoms with E-state index in [4.69, 9.17) is 0 Å². The van der Waals surface area contributed by atoms with Crippen molar-refractivity contribution >= 4 is 29.3 Å². The predicted octanol–water partition coefficient (Wildman–Crippen LogP) is 1.39. The van der Waals surface area contributed by atoms with Crippen molar-refractivity contribution in [2.45, 2.75) is 31.3 Å². The molecule has 0 spiro atoms. The van der Waals surface area contributed by atoms with Gasteiger partial charge in [0.2, 0.25) is 0 Å². The lowest BCUT2D eigenvalue weighted by Gasteiger charge is -2.35. The molecule has 2 aromatic heterocycles. The van der Waals surface area contributed by atoms with E-state index in [-0.39, 0.29) is 24.0 Å². The highest BCUT2D eigenvalue weighted by atomic mass is 16.2. The van der Waals surface area contributed by atoms with Crippen LogP contribution in [0.25, 0.3) is 0 Å². The molecule has 2 bridgehead atoms. The molecule has 1 saturated heterocycles. The van der Waals surface area contributed by atoms with Gasteiger partial charge in [0.15, 0.2) is 11.6 Å². The molecule has 9 nitrogen and oxygen atoms in total. The average molecular weight is 365 g/mol. The molecule has 0 unspecified atom stereocenters. The summed E-state index contributed by atoms with van der Waals surface area (Å²) in [4.78, 5) is 41.9. The molecule has 1 saturated carbocycles. The molecule has 3 amide bonds. The van der Waals surface area contributed by atoms with Gasteiger partial charge in [-0.15, -0.1) is 0 Å². The summed E-state index contributed by atoms with van der Waals surface area (Å²) in [6.45, 7) is 1.62. The van der Waals surface area contributed by atoms with Gasteiger partial charge in [-0.2, -0.15) is 0 Å². The monoisotopic (exact) mass is 365 g/mol. The summed E-state index contributed by atoms with van der Waals surface area (Å²) >= 11 is 0. The molecule has 5 rings (SSSR count). The second-order valence-electron chi connectivity index (χ2n) is 7.07. The van der Waals surface area contributed by atoms with Gasteiger partial charge in [0, 0.05) is 31.5 Å². The summed E-state index contributed by atoms with van der Waals surface area (Å²) in [5.74, 6) is 0.711. The van der Waals surface area contributed by atoms with Gasteiger partial charge in [0.05, 0.1) is 17.9 Å². The third kappa shape index (κ3) is 2.94. The zero-order chi connectivity index (χ0) is 18.4. The van der Waals surface area contributed by atoms with Crippen molar-refractivity contribution in [2.75, 3.05) is 28.2 Å². The summed E-state index contributed by atoms with van der Waals surface area (Å²) in [7, 11) is 0. The van der Waals surface area contributed by atoms with Crippen molar-refractivity contribution in [3.63, 3.8) is 0 Å². The molecule has 2 aliphatic heterocycles. The molecule has 4 heterocycles. The van der Waals surface area contributed by atoms with Crippen LogP contribution < -0.4 is 20.4 Å². The summed E-state index contributed by atoms with van der Waals surface area (Å²) in [6, 6.07) is 3.58. The van der Waals surface area contributed by atoms with Crippen molar-refractivity contribution in [1.82, 2.24) is 20.3 Å². The maximum absolute atomic E-state index is 13.0. The lowest BCUT2D eigenvalue weighted by molar-refractivity contribution is 0.0946. The van der Waals surface area contributed by atoms with Crippen LogP contribution in [0.4, 0.5) is 22.1 Å². The molecule has 27 heavy (non-hydrogen) atoms. The van der Waals surface area contributed by atoms with E-state index < -0.39 is 0 Å². The van der Waals surface area contributed by atoms with Crippen molar-refractivity contribution < 1.29 is 9.59 Å². The van der Waals surface area contributed by atoms with E-state index >= 15 is 0 Å². The molecule has 0 radical (unpaired) electrons. The van der Waals surface area contributed by atoms with Gasteiger partial charge in [-0.05, 0) is 31.4 Å². The SMILES string of the molecule is O=C(NC1CC1)c1ccc2c(n1)N(C(=O)Nc1cnccn1)[C@H]1CCN2C1. The highest BCUT2D eigenvalue weighted by molar-refractivity contribution is 6.04. The Morgan fingerprint density at radius 1 is 1.15 bits per heavy atom. The van der Waals surface area contributed by atoms with Gasteiger partial charge in [0.1, 0.15) is 5.69 Å². The van der Waals surface area contributed by atoms with E-state index in [2.05, 4.69) is 30.5 Å². The quantitative estimate of drug-likeness (QED) is 0.852. The van der Waals surface area contributed by atoms with Gasteiger partial charge in [0.25, 0.3) is 5.91 Å². The Morgan fingerprint density at radius 2 is 2.04 bits per heavy atom. The van der Waals surface area contributed by atoms with E-state index in [0.717, 1.165) is 38.0 Å². The van der Waals surface area contributed by atoms with Gasteiger partial charge in [-0.3, -0.25) is 20.0 Å². The first-order valence-electron chi connectivity index (χ1n) is 9.12. The summed E-state index contributed by atoms with van der Waals surface area (Å²) < 4.78 is 0. The van der Waals surface area contributed by atoms with Crippen LogP contribution >= 0.6 is 0 Å². The van der Waals surface area contributed by atoms with Crippen LogP contribution in [0.1, 0.15) is 29.8 Å². The first-order valence-corrected chi connectivity index (χ1v) is 9.12. The minimum absolute atomic E-state index is 0.0171. The predicted molar refractivity (Wildman–Crippen MR) is 98.9 cm³/mol. The zero-order valence-electron chi connectivity index (χ0n) is 14.6. The molecule has 1 atom stereocenters. The smallest absolute Gasteiger partial charge is 0.329 e. The minimum atomic E-state index is -0.310. The number of carbonyl (C=O) groups excluding carboxylic acids is 2. The molecular formula is C18H19N7O2. The number of pyridine rings is 1. The average Bonchev–Trinajstić information content (AvgIpc) is 3.40. The lowest BCUT2D eigenvalue weighted by Crippen LogP contribution is -2.48. The first-order chi connectivity index (χ1) is 13.2. The Balaban J connectivity index is 1.47. The highest BCUT2D eigenvalue weighted by Crippen LogP contribution is 2.39. The first kappa shape index (κ1) is 16.0. The second kappa shape index (κ2) is 6.19. The third-order valence-electron chi connectivity index (χ3n) is 5.11. The number of fused-ring (bicyclic) bond motifs is 4. The van der Waals surface area contributed by atoms with Crippen LogP contribution in [0.3, 0.4) is 0 Å². The Morgan fingerprint density at radius 3 is 2.81 bits per heavy atom. The molecule has 1 aliphatic carbocycles. The zero-order valence-corrected chi connectivity index (χ0v) is 14.6. The largest absolute Gasteiger partial charge is 0.366 e. The molecule has 0 aromatic carbocycles. The number of amides is 3. The number of aromatic nitrogens is 3. The summed E-state index contributed by atoms with van der Waals surface area (Å²) in [6.07, 6.45) is 7.45. The highest BCUT2D eigenvalue weighted by Gasteiger charge is 2.40. The number of anilines is 3. The Labute approximate surface area is 155 Å². The molecule has 3 aliphatic rings. The van der Waals surface area contributed by atoms with Crippen molar-refractivity contribution in [1.29, 1.82) is 0 Å². The van der Waals surface area contributed by atoms with Crippen molar-refractivity contribution in [3.8, 4) is 0 Å². The van der Waals surface area contributed by atoms with Crippen molar-refractivity contribution in [3.05, 3.63) is 36.4 Å². The van der Waals surface area contributed by atoms with E-state index in [9.17, 15) is 9.59 Å². The third-order valence-corrected chi connectivity index (χ3v) is 5.11. The minimum Gasteiger partial charge on any atom is -0.366 e. The maximum atomic E-state index is 13.0. The van der Waals surface area contributed by atoms with E-state index in [0.29, 0.717) is 17.3 Å². The fraction of sp³-hybridized carbons (Fsp3) is 0.389. The van der Waals surface area contributed by atoms with Crippen molar-refractivity contribution in [2.24, 2.45) is 0 Å². The van der Waals surface area contributed by atoms with Crippen LogP contribution in [-0.2, 0) is 0 Å². The molecule has 2 aromatic rings. The van der Waals surface area contributed by atoms with Crippen LogP contribution in [0.5, 0.6) is 0 Å². The molecule has 138 valence electrons. The number of urea groups is 1. The van der Waals surface area contributed by atoms with Crippen LogP contribution in [0.2, 0.25) is 0 Å². The Kier molecular flexibility index (Phi) is 3.66. The number of rotatable bonds is 3. The maximum Gasteiger partial charge on any atom is 0.329 e. The standard InChI is InChI=1S/C18H19N7O2/c26-17(21-11-1-2-11)13-3-4-14-16(22-13)25(12-5-8-24(14)10-12)18(27)23-15-9-19-6-7-20-15/h3-4,6-7,9,11-12H,1-2,5,8,10H2,(H,21,26)(H,20,23,27)/t12-/m0/s1. The molecule has 2 N–H and O–H groups in total. The fourth-order valence-corrected chi connectivity index (χ4v) is 3.62. The number of hydrogen-bond acceptors (Lipinski definition) is 6. The Hall–Kier alpha value is -3.23. The normalized spacial score (nSPS) is 20.2. The molecular weight excluding hydrogens is 346 g/mol. The van der Waals surface area contributed by atoms with Crippen LogP contribution in [-0.4, -0.2) is 52.1 Å². The van der Waals surface area contributed by atoms with Crippen LogP contribution in [0.15, 0.2) is 30.7 Å². The van der Waals surface area contributed by atoms with E-state index in [1.54, 1.807) is 17.2 Å². The van der Waals surface area contributed by atoms with E-state index in [1.165, 1.54) is 12.4 Å². The van der Waals surface area contributed by atoms with Gasteiger partial charge in [-0.25, -0.2) is 14.8 Å². The summed E-state index contributed by atoms with van der Waals surface area (Å²) in [5.41, 5.74) is 1.21. The fourth-order valence-electron chi connectivity index (χ4n) is 3.62. The number of carbonyl (C=O) groups is 2. The molecule has 9 heteroatoms. The molecule has 2 fully saturated rings. The number of hydrogen-bond donors (Lipinski definition) is 2.